The van der Waals surface area contributed by atoms with E-state index in [2.05, 4.69) is 0 Å². The van der Waals surface area contributed by atoms with Gasteiger partial charge in [-0.1, -0.05) is 6.07 Å². The first kappa shape index (κ1) is 19.5. The molecule has 0 radical (unpaired) electrons. The van der Waals surface area contributed by atoms with Crippen LogP contribution in [0.4, 0.5) is 0 Å². The molecular formula is C21H27NO5. The highest BCUT2D eigenvalue weighted by Crippen LogP contribution is 2.34. The normalized spacial score (nSPS) is 19.5. The lowest BCUT2D eigenvalue weighted by molar-refractivity contribution is 0.0781. The molecule has 0 bridgehead atoms. The highest BCUT2D eigenvalue weighted by atomic mass is 16.5. The van der Waals surface area contributed by atoms with Crippen molar-refractivity contribution in [2.45, 2.75) is 12.8 Å². The number of benzene rings is 2. The molecular weight excluding hydrogens is 346 g/mol. The van der Waals surface area contributed by atoms with Crippen molar-refractivity contribution in [1.29, 1.82) is 0 Å². The smallest absolute Gasteiger partial charge is 0.253 e. The quantitative estimate of drug-likeness (QED) is 0.779. The van der Waals surface area contributed by atoms with Crippen LogP contribution in [0.25, 0.3) is 10.8 Å². The SMILES string of the molecule is COc1cc2ccc(C(=O)N3C[C@@H](CCO)[C@@H](CCO)C3)cc2cc1OC. The van der Waals surface area contributed by atoms with Gasteiger partial charge in [-0.3, -0.25) is 4.79 Å². The monoisotopic (exact) mass is 373 g/mol. The van der Waals surface area contributed by atoms with E-state index >= 15 is 0 Å². The molecule has 1 aliphatic heterocycles. The third-order valence-corrected chi connectivity index (χ3v) is 5.45. The molecule has 1 saturated heterocycles. The first-order chi connectivity index (χ1) is 13.1. The maximum Gasteiger partial charge on any atom is 0.253 e. The number of carbonyl (C=O) groups is 1. The Morgan fingerprint density at radius 2 is 1.52 bits per heavy atom. The number of aliphatic hydroxyl groups excluding tert-OH is 2. The minimum atomic E-state index is -0.0185. The Bertz CT molecular complexity index is 793. The van der Waals surface area contributed by atoms with Crippen LogP contribution in [0.3, 0.4) is 0 Å². The summed E-state index contributed by atoms with van der Waals surface area (Å²) in [6.07, 6.45) is 1.31. The van der Waals surface area contributed by atoms with E-state index in [-0.39, 0.29) is 31.0 Å². The molecule has 0 spiro atoms. The van der Waals surface area contributed by atoms with Gasteiger partial charge < -0.3 is 24.6 Å². The van der Waals surface area contributed by atoms with Crippen molar-refractivity contribution in [2.75, 3.05) is 40.5 Å². The van der Waals surface area contributed by atoms with Gasteiger partial charge in [0.1, 0.15) is 0 Å². The number of rotatable bonds is 7. The number of hydrogen-bond acceptors (Lipinski definition) is 5. The molecule has 146 valence electrons. The molecule has 2 N–H and O–H groups in total. The van der Waals surface area contributed by atoms with Crippen LogP contribution in [-0.4, -0.2) is 61.5 Å². The minimum Gasteiger partial charge on any atom is -0.493 e. The van der Waals surface area contributed by atoms with Crippen molar-refractivity contribution in [1.82, 2.24) is 4.90 Å². The standard InChI is InChI=1S/C21H27NO5/c1-26-19-10-14-3-4-15(9-18(14)11-20(19)27-2)21(25)22-12-16(5-7-23)17(13-22)6-8-24/h3-4,9-11,16-17,23-24H,5-8,12-13H2,1-2H3/t16-,17+. The number of aliphatic hydroxyl groups is 2. The van der Waals surface area contributed by atoms with E-state index in [1.165, 1.54) is 0 Å². The predicted molar refractivity (Wildman–Crippen MR) is 103 cm³/mol. The highest BCUT2D eigenvalue weighted by molar-refractivity contribution is 5.99. The fourth-order valence-corrected chi connectivity index (χ4v) is 3.98. The Morgan fingerprint density at radius 1 is 0.963 bits per heavy atom. The number of amides is 1. The van der Waals surface area contributed by atoms with E-state index in [1.807, 2.05) is 35.2 Å². The molecule has 2 atom stereocenters. The van der Waals surface area contributed by atoms with Gasteiger partial charge in [-0.2, -0.15) is 0 Å². The second-order valence-electron chi connectivity index (χ2n) is 7.02. The van der Waals surface area contributed by atoms with Gasteiger partial charge in [-0.05, 0) is 59.7 Å². The van der Waals surface area contributed by atoms with E-state index in [9.17, 15) is 15.0 Å². The zero-order valence-corrected chi connectivity index (χ0v) is 15.9. The number of ether oxygens (including phenoxy) is 2. The van der Waals surface area contributed by atoms with Gasteiger partial charge in [-0.15, -0.1) is 0 Å². The van der Waals surface area contributed by atoms with Crippen LogP contribution in [0.1, 0.15) is 23.2 Å². The van der Waals surface area contributed by atoms with Crippen molar-refractivity contribution in [3.63, 3.8) is 0 Å². The fraction of sp³-hybridized carbons (Fsp3) is 0.476. The molecule has 1 amide bonds. The molecule has 0 aromatic heterocycles. The first-order valence-electron chi connectivity index (χ1n) is 9.28. The molecule has 6 heteroatoms. The summed E-state index contributed by atoms with van der Waals surface area (Å²) in [4.78, 5) is 14.8. The molecule has 1 fully saturated rings. The molecule has 3 rings (SSSR count). The summed E-state index contributed by atoms with van der Waals surface area (Å²) in [5.41, 5.74) is 0.627. The molecule has 0 aliphatic carbocycles. The van der Waals surface area contributed by atoms with Crippen LogP contribution in [-0.2, 0) is 0 Å². The Balaban J connectivity index is 1.85. The van der Waals surface area contributed by atoms with Crippen LogP contribution in [0.2, 0.25) is 0 Å². The summed E-state index contributed by atoms with van der Waals surface area (Å²) in [6, 6.07) is 9.39. The van der Waals surface area contributed by atoms with Gasteiger partial charge >= 0.3 is 0 Å². The lowest BCUT2D eigenvalue weighted by Crippen LogP contribution is -2.29. The van der Waals surface area contributed by atoms with Crippen molar-refractivity contribution >= 4 is 16.7 Å². The zero-order chi connectivity index (χ0) is 19.4. The van der Waals surface area contributed by atoms with Crippen molar-refractivity contribution in [3.05, 3.63) is 35.9 Å². The lowest BCUT2D eigenvalue weighted by atomic mass is 9.91. The van der Waals surface area contributed by atoms with Crippen LogP contribution in [0, 0.1) is 11.8 Å². The van der Waals surface area contributed by atoms with Crippen LogP contribution >= 0.6 is 0 Å². The molecule has 1 aliphatic rings. The molecule has 2 aromatic rings. The Morgan fingerprint density at radius 3 is 2.04 bits per heavy atom. The topological polar surface area (TPSA) is 79.2 Å². The van der Waals surface area contributed by atoms with Gasteiger partial charge in [0.15, 0.2) is 11.5 Å². The number of carbonyl (C=O) groups excluding carboxylic acids is 1. The van der Waals surface area contributed by atoms with E-state index in [4.69, 9.17) is 9.47 Å². The highest BCUT2D eigenvalue weighted by Gasteiger charge is 2.34. The van der Waals surface area contributed by atoms with E-state index in [0.717, 1.165) is 10.8 Å². The molecule has 1 heterocycles. The van der Waals surface area contributed by atoms with Crippen LogP contribution < -0.4 is 9.47 Å². The van der Waals surface area contributed by atoms with E-state index < -0.39 is 0 Å². The van der Waals surface area contributed by atoms with Crippen molar-refractivity contribution < 1.29 is 24.5 Å². The first-order valence-corrected chi connectivity index (χ1v) is 9.28. The van der Waals surface area contributed by atoms with Crippen LogP contribution in [0.5, 0.6) is 11.5 Å². The second kappa shape index (κ2) is 8.59. The number of fused-ring (bicyclic) bond motifs is 1. The predicted octanol–water partition coefficient (Wildman–Crippen LogP) is 2.31. The fourth-order valence-electron chi connectivity index (χ4n) is 3.98. The van der Waals surface area contributed by atoms with Gasteiger partial charge in [0, 0.05) is 31.9 Å². The summed E-state index contributed by atoms with van der Waals surface area (Å²) in [5.74, 6) is 1.73. The third kappa shape index (κ3) is 4.01. The number of hydrogen-bond donors (Lipinski definition) is 2. The van der Waals surface area contributed by atoms with E-state index in [0.29, 0.717) is 43.0 Å². The van der Waals surface area contributed by atoms with E-state index in [1.54, 1.807) is 14.2 Å². The maximum absolute atomic E-state index is 13.0. The largest absolute Gasteiger partial charge is 0.493 e. The Labute approximate surface area is 159 Å². The average molecular weight is 373 g/mol. The number of likely N-dealkylation sites (tertiary alicyclic amines) is 1. The number of nitrogens with zero attached hydrogens (tertiary/aromatic N) is 1. The number of methoxy groups -OCH3 is 2. The summed E-state index contributed by atoms with van der Waals surface area (Å²) >= 11 is 0. The Hall–Kier alpha value is -2.31. The average Bonchev–Trinajstić information content (AvgIpc) is 3.09. The van der Waals surface area contributed by atoms with Gasteiger partial charge in [0.2, 0.25) is 0 Å². The lowest BCUT2D eigenvalue weighted by Gasteiger charge is -2.17. The maximum atomic E-state index is 13.0. The summed E-state index contributed by atoms with van der Waals surface area (Å²) in [6.45, 7) is 1.44. The molecule has 27 heavy (non-hydrogen) atoms. The summed E-state index contributed by atoms with van der Waals surface area (Å²) < 4.78 is 10.7. The van der Waals surface area contributed by atoms with Crippen molar-refractivity contribution in [3.8, 4) is 11.5 Å². The van der Waals surface area contributed by atoms with Gasteiger partial charge in [0.05, 0.1) is 14.2 Å². The second-order valence-corrected chi connectivity index (χ2v) is 7.02. The molecule has 6 nitrogen and oxygen atoms in total. The van der Waals surface area contributed by atoms with Crippen molar-refractivity contribution in [2.24, 2.45) is 11.8 Å². The summed E-state index contributed by atoms with van der Waals surface area (Å²) in [5, 5.41) is 20.4. The Kier molecular flexibility index (Phi) is 6.19. The minimum absolute atomic E-state index is 0.0185. The summed E-state index contributed by atoms with van der Waals surface area (Å²) in [7, 11) is 3.19. The molecule has 2 aromatic carbocycles. The van der Waals surface area contributed by atoms with Gasteiger partial charge in [-0.25, -0.2) is 0 Å². The molecule has 0 unspecified atom stereocenters. The third-order valence-electron chi connectivity index (χ3n) is 5.45. The zero-order valence-electron chi connectivity index (χ0n) is 15.9. The van der Waals surface area contributed by atoms with Gasteiger partial charge in [0.25, 0.3) is 5.91 Å². The van der Waals surface area contributed by atoms with Crippen LogP contribution in [0.15, 0.2) is 30.3 Å². The molecule has 0 saturated carbocycles.